The van der Waals surface area contributed by atoms with Gasteiger partial charge in [0.1, 0.15) is 0 Å². The Morgan fingerprint density at radius 2 is 2.22 bits per heavy atom. The number of hydrogen-bond donors (Lipinski definition) is 1. The highest BCUT2D eigenvalue weighted by atomic mass is 35.5. The van der Waals surface area contributed by atoms with Crippen molar-refractivity contribution in [2.24, 2.45) is 0 Å². The third-order valence-corrected chi connectivity index (χ3v) is 4.61. The van der Waals surface area contributed by atoms with Crippen LogP contribution in [0, 0.1) is 0 Å². The van der Waals surface area contributed by atoms with E-state index in [0.29, 0.717) is 44.2 Å². The molecule has 0 radical (unpaired) electrons. The normalized spacial score (nSPS) is 16.9. The molecule has 1 N–H and O–H groups in total. The van der Waals surface area contributed by atoms with Gasteiger partial charge in [0.25, 0.3) is 0 Å². The van der Waals surface area contributed by atoms with Crippen LogP contribution < -0.4 is 5.32 Å². The fraction of sp³-hybridized carbons (Fsp3) is 0.412. The molecular formula is C17H20ClN3O2. The number of benzene rings is 1. The van der Waals surface area contributed by atoms with Crippen molar-refractivity contribution >= 4 is 17.5 Å². The van der Waals surface area contributed by atoms with E-state index >= 15 is 0 Å². The molecule has 0 aliphatic carbocycles. The quantitative estimate of drug-likeness (QED) is 0.914. The van der Waals surface area contributed by atoms with Crippen molar-refractivity contribution in [2.45, 2.75) is 24.8 Å². The van der Waals surface area contributed by atoms with Crippen LogP contribution in [0.15, 0.2) is 43.0 Å². The van der Waals surface area contributed by atoms with Crippen molar-refractivity contribution in [3.63, 3.8) is 0 Å². The Morgan fingerprint density at radius 3 is 2.91 bits per heavy atom. The molecule has 6 heteroatoms. The minimum atomic E-state index is -0.557. The van der Waals surface area contributed by atoms with Crippen molar-refractivity contribution < 1.29 is 9.53 Å². The largest absolute Gasteiger partial charge is 0.381 e. The zero-order valence-electron chi connectivity index (χ0n) is 12.9. The van der Waals surface area contributed by atoms with E-state index in [1.165, 1.54) is 0 Å². The monoisotopic (exact) mass is 333 g/mol. The van der Waals surface area contributed by atoms with E-state index in [1.54, 1.807) is 12.5 Å². The molecule has 5 nitrogen and oxygen atoms in total. The number of ether oxygens (including phenoxy) is 1. The van der Waals surface area contributed by atoms with Crippen LogP contribution in [-0.2, 0) is 21.5 Å². The molecule has 0 spiro atoms. The van der Waals surface area contributed by atoms with Crippen molar-refractivity contribution in [1.29, 1.82) is 0 Å². The molecule has 0 bridgehead atoms. The first kappa shape index (κ1) is 16.0. The number of carbonyl (C=O) groups excluding carboxylic acids is 1. The third kappa shape index (κ3) is 3.57. The Bertz CT molecular complexity index is 652. The predicted molar refractivity (Wildman–Crippen MR) is 88.4 cm³/mol. The zero-order valence-corrected chi connectivity index (χ0v) is 13.6. The third-order valence-electron chi connectivity index (χ3n) is 4.37. The summed E-state index contributed by atoms with van der Waals surface area (Å²) >= 11 is 6.13. The molecule has 1 saturated heterocycles. The summed E-state index contributed by atoms with van der Waals surface area (Å²) < 4.78 is 7.41. The predicted octanol–water partition coefficient (Wildman–Crippen LogP) is 2.40. The smallest absolute Gasteiger partial charge is 0.230 e. The lowest BCUT2D eigenvalue weighted by molar-refractivity contribution is -0.130. The number of nitrogens with one attached hydrogen (secondary N) is 1. The van der Waals surface area contributed by atoms with Crippen LogP contribution in [0.25, 0.3) is 0 Å². The fourth-order valence-electron chi connectivity index (χ4n) is 3.04. The van der Waals surface area contributed by atoms with Crippen LogP contribution in [-0.4, -0.2) is 35.2 Å². The van der Waals surface area contributed by atoms with E-state index in [9.17, 15) is 4.79 Å². The van der Waals surface area contributed by atoms with Gasteiger partial charge in [-0.15, -0.1) is 0 Å². The first-order valence-corrected chi connectivity index (χ1v) is 8.16. The number of amides is 1. The summed E-state index contributed by atoms with van der Waals surface area (Å²) in [6, 6.07) is 7.59. The molecule has 3 rings (SSSR count). The highest BCUT2D eigenvalue weighted by molar-refractivity contribution is 6.30. The molecule has 1 aromatic carbocycles. The highest BCUT2D eigenvalue weighted by Crippen LogP contribution is 2.36. The first-order chi connectivity index (χ1) is 11.2. The lowest BCUT2D eigenvalue weighted by Crippen LogP contribution is -2.48. The number of rotatable bonds is 5. The van der Waals surface area contributed by atoms with Crippen LogP contribution in [0.1, 0.15) is 18.4 Å². The van der Waals surface area contributed by atoms with Crippen LogP contribution in [0.2, 0.25) is 5.02 Å². The zero-order chi connectivity index (χ0) is 16.1. The number of aromatic nitrogens is 2. The van der Waals surface area contributed by atoms with Gasteiger partial charge in [-0.05, 0) is 30.5 Å². The molecule has 1 aliphatic heterocycles. The molecule has 2 heterocycles. The average Bonchev–Trinajstić information content (AvgIpc) is 3.09. The highest BCUT2D eigenvalue weighted by Gasteiger charge is 2.41. The summed E-state index contributed by atoms with van der Waals surface area (Å²) in [7, 11) is 0. The maximum atomic E-state index is 12.9. The average molecular weight is 334 g/mol. The minimum absolute atomic E-state index is 0.0446. The second kappa shape index (κ2) is 7.15. The van der Waals surface area contributed by atoms with E-state index < -0.39 is 5.41 Å². The van der Waals surface area contributed by atoms with E-state index in [2.05, 4.69) is 10.3 Å². The fourth-order valence-corrected chi connectivity index (χ4v) is 3.23. The summed E-state index contributed by atoms with van der Waals surface area (Å²) in [5, 5.41) is 3.72. The van der Waals surface area contributed by atoms with Gasteiger partial charge >= 0.3 is 0 Å². The van der Waals surface area contributed by atoms with E-state index in [0.717, 1.165) is 5.56 Å². The van der Waals surface area contributed by atoms with Gasteiger partial charge in [-0.1, -0.05) is 23.7 Å². The van der Waals surface area contributed by atoms with E-state index in [1.807, 2.05) is 35.0 Å². The Morgan fingerprint density at radius 1 is 1.39 bits per heavy atom. The van der Waals surface area contributed by atoms with E-state index in [4.69, 9.17) is 16.3 Å². The minimum Gasteiger partial charge on any atom is -0.381 e. The lowest BCUT2D eigenvalue weighted by atomic mass is 9.73. The number of hydrogen-bond acceptors (Lipinski definition) is 3. The Kier molecular flexibility index (Phi) is 4.98. The summed E-state index contributed by atoms with van der Waals surface area (Å²) in [6.07, 6.45) is 6.70. The SMILES string of the molecule is O=C(NCCn1ccnc1)C1(c2cccc(Cl)c2)CCOCC1. The second-order valence-electron chi connectivity index (χ2n) is 5.76. The molecule has 0 atom stereocenters. The standard InChI is InChI=1S/C17H20ClN3O2/c18-15-3-1-2-14(12-15)17(4-10-23-11-5-17)16(22)20-7-9-21-8-6-19-13-21/h1-3,6,8,12-13H,4-5,7,9-11H2,(H,20,22). The Balaban J connectivity index is 1.74. The molecule has 0 saturated carbocycles. The van der Waals surface area contributed by atoms with Crippen molar-refractivity contribution in [1.82, 2.24) is 14.9 Å². The molecule has 0 unspecified atom stereocenters. The van der Waals surface area contributed by atoms with Gasteiger partial charge in [-0.25, -0.2) is 4.98 Å². The molecule has 1 amide bonds. The number of imidazole rings is 1. The van der Waals surface area contributed by atoms with Gasteiger partial charge in [-0.2, -0.15) is 0 Å². The molecule has 122 valence electrons. The number of nitrogens with zero attached hydrogens (tertiary/aromatic N) is 2. The summed E-state index contributed by atoms with van der Waals surface area (Å²) in [5.74, 6) is 0.0446. The summed E-state index contributed by atoms with van der Waals surface area (Å²) in [5.41, 5.74) is 0.409. The molecule has 1 aromatic heterocycles. The van der Waals surface area contributed by atoms with Gasteiger partial charge in [-0.3, -0.25) is 4.79 Å². The van der Waals surface area contributed by atoms with Gasteiger partial charge in [0.2, 0.25) is 5.91 Å². The van der Waals surface area contributed by atoms with Gasteiger partial charge in [0.05, 0.1) is 11.7 Å². The number of carbonyl (C=O) groups is 1. The molecule has 23 heavy (non-hydrogen) atoms. The molecular weight excluding hydrogens is 314 g/mol. The van der Waals surface area contributed by atoms with Crippen LogP contribution >= 0.6 is 11.6 Å². The second-order valence-corrected chi connectivity index (χ2v) is 6.20. The first-order valence-electron chi connectivity index (χ1n) is 7.78. The Hall–Kier alpha value is -1.85. The topological polar surface area (TPSA) is 56.2 Å². The van der Waals surface area contributed by atoms with Gasteiger partial charge in [0.15, 0.2) is 0 Å². The number of halogens is 1. The van der Waals surface area contributed by atoms with Gasteiger partial charge in [0, 0.05) is 43.7 Å². The maximum Gasteiger partial charge on any atom is 0.230 e. The lowest BCUT2D eigenvalue weighted by Gasteiger charge is -2.36. The van der Waals surface area contributed by atoms with Crippen molar-refractivity contribution in [2.75, 3.05) is 19.8 Å². The van der Waals surface area contributed by atoms with Crippen LogP contribution in [0.3, 0.4) is 0 Å². The maximum absolute atomic E-state index is 12.9. The molecule has 2 aromatic rings. The van der Waals surface area contributed by atoms with Crippen molar-refractivity contribution in [3.05, 3.63) is 53.6 Å². The van der Waals surface area contributed by atoms with Gasteiger partial charge < -0.3 is 14.6 Å². The Labute approximate surface area is 140 Å². The molecule has 1 fully saturated rings. The van der Waals surface area contributed by atoms with Crippen molar-refractivity contribution in [3.8, 4) is 0 Å². The van der Waals surface area contributed by atoms with E-state index in [-0.39, 0.29) is 5.91 Å². The summed E-state index contributed by atoms with van der Waals surface area (Å²) in [4.78, 5) is 16.9. The molecule has 1 aliphatic rings. The summed E-state index contributed by atoms with van der Waals surface area (Å²) in [6.45, 7) is 2.44. The van der Waals surface area contributed by atoms with Crippen LogP contribution in [0.5, 0.6) is 0 Å². The van der Waals surface area contributed by atoms with Crippen LogP contribution in [0.4, 0.5) is 0 Å².